The first-order chi connectivity index (χ1) is 7.56. The second kappa shape index (κ2) is 5.58. The summed E-state index contributed by atoms with van der Waals surface area (Å²) < 4.78 is 17.3. The van der Waals surface area contributed by atoms with Gasteiger partial charge in [0.2, 0.25) is 0 Å². The normalized spacial score (nSPS) is 14.2. The SMILES string of the molecule is CCOC(=O)C(N)C(O)c1ccc(F)cc1. The average Bonchev–Trinajstić information content (AvgIpc) is 2.28. The quantitative estimate of drug-likeness (QED) is 0.744. The molecule has 0 aliphatic carbocycles. The fourth-order valence-corrected chi connectivity index (χ4v) is 1.23. The number of nitrogens with two attached hydrogens (primary N) is 1. The number of ether oxygens (including phenoxy) is 1. The lowest BCUT2D eigenvalue weighted by atomic mass is 10.0. The molecule has 0 aliphatic heterocycles. The highest BCUT2D eigenvalue weighted by Gasteiger charge is 2.25. The van der Waals surface area contributed by atoms with Crippen LogP contribution in [0.5, 0.6) is 0 Å². The predicted molar refractivity (Wildman–Crippen MR) is 56.0 cm³/mol. The molecule has 0 saturated carbocycles. The van der Waals surface area contributed by atoms with Gasteiger partial charge in [-0.15, -0.1) is 0 Å². The van der Waals surface area contributed by atoms with Crippen molar-refractivity contribution in [2.45, 2.75) is 19.1 Å². The number of carbonyl (C=O) groups excluding carboxylic acids is 1. The van der Waals surface area contributed by atoms with Crippen molar-refractivity contribution in [2.75, 3.05) is 6.61 Å². The van der Waals surface area contributed by atoms with Gasteiger partial charge in [-0.3, -0.25) is 4.79 Å². The van der Waals surface area contributed by atoms with Crippen LogP contribution in [0.1, 0.15) is 18.6 Å². The first-order valence-corrected chi connectivity index (χ1v) is 4.92. The van der Waals surface area contributed by atoms with Gasteiger partial charge in [-0.05, 0) is 24.6 Å². The van der Waals surface area contributed by atoms with E-state index in [1.165, 1.54) is 24.3 Å². The molecule has 2 unspecified atom stereocenters. The fraction of sp³-hybridized carbons (Fsp3) is 0.364. The van der Waals surface area contributed by atoms with Crippen LogP contribution in [0.15, 0.2) is 24.3 Å². The van der Waals surface area contributed by atoms with E-state index < -0.39 is 23.9 Å². The Labute approximate surface area is 92.8 Å². The van der Waals surface area contributed by atoms with E-state index in [-0.39, 0.29) is 6.61 Å². The van der Waals surface area contributed by atoms with Crippen molar-refractivity contribution in [3.05, 3.63) is 35.6 Å². The third-order valence-electron chi connectivity index (χ3n) is 2.11. The highest BCUT2D eigenvalue weighted by atomic mass is 19.1. The summed E-state index contributed by atoms with van der Waals surface area (Å²) in [6.07, 6.45) is -1.19. The first-order valence-electron chi connectivity index (χ1n) is 4.92. The number of halogens is 1. The second-order valence-electron chi connectivity index (χ2n) is 3.27. The van der Waals surface area contributed by atoms with Gasteiger partial charge in [-0.25, -0.2) is 4.39 Å². The van der Waals surface area contributed by atoms with Crippen molar-refractivity contribution in [1.29, 1.82) is 0 Å². The maximum Gasteiger partial charge on any atom is 0.325 e. The van der Waals surface area contributed by atoms with Crippen molar-refractivity contribution in [3.63, 3.8) is 0 Å². The molecular formula is C11H14FNO3. The van der Waals surface area contributed by atoms with Gasteiger partial charge in [0, 0.05) is 0 Å². The van der Waals surface area contributed by atoms with Crippen molar-refractivity contribution < 1.29 is 19.0 Å². The molecule has 16 heavy (non-hydrogen) atoms. The molecule has 0 spiro atoms. The number of hydrogen-bond donors (Lipinski definition) is 2. The van der Waals surface area contributed by atoms with E-state index in [9.17, 15) is 14.3 Å². The van der Waals surface area contributed by atoms with Crippen molar-refractivity contribution in [1.82, 2.24) is 0 Å². The third-order valence-corrected chi connectivity index (χ3v) is 2.11. The van der Waals surface area contributed by atoms with Crippen LogP contribution in [0, 0.1) is 5.82 Å². The lowest BCUT2D eigenvalue weighted by Gasteiger charge is -2.17. The van der Waals surface area contributed by atoms with Crippen LogP contribution in [0.25, 0.3) is 0 Å². The third kappa shape index (κ3) is 3.01. The molecule has 0 aliphatic rings. The van der Waals surface area contributed by atoms with E-state index in [1.807, 2.05) is 0 Å². The van der Waals surface area contributed by atoms with Crippen LogP contribution in [-0.2, 0) is 9.53 Å². The van der Waals surface area contributed by atoms with Gasteiger partial charge in [0.1, 0.15) is 18.0 Å². The Kier molecular flexibility index (Phi) is 4.39. The first kappa shape index (κ1) is 12.6. The number of carbonyl (C=O) groups is 1. The molecule has 1 rings (SSSR count). The molecule has 0 radical (unpaired) electrons. The summed E-state index contributed by atoms with van der Waals surface area (Å²) in [6.45, 7) is 1.84. The highest BCUT2D eigenvalue weighted by molar-refractivity contribution is 5.76. The molecule has 2 atom stereocenters. The summed E-state index contributed by atoms with van der Waals surface area (Å²) in [5, 5.41) is 9.73. The molecule has 0 fully saturated rings. The molecule has 5 heteroatoms. The number of rotatable bonds is 4. The highest BCUT2D eigenvalue weighted by Crippen LogP contribution is 2.16. The number of aliphatic hydroxyl groups is 1. The largest absolute Gasteiger partial charge is 0.465 e. The van der Waals surface area contributed by atoms with Crippen LogP contribution in [0.4, 0.5) is 4.39 Å². The van der Waals surface area contributed by atoms with Crippen LogP contribution in [0.2, 0.25) is 0 Å². The maximum absolute atomic E-state index is 12.6. The Balaban J connectivity index is 2.73. The monoisotopic (exact) mass is 227 g/mol. The van der Waals surface area contributed by atoms with E-state index in [1.54, 1.807) is 6.92 Å². The van der Waals surface area contributed by atoms with E-state index in [0.717, 1.165) is 0 Å². The number of hydrogen-bond acceptors (Lipinski definition) is 4. The lowest BCUT2D eigenvalue weighted by Crippen LogP contribution is -2.38. The molecule has 0 amide bonds. The van der Waals surface area contributed by atoms with Gasteiger partial charge < -0.3 is 15.6 Å². The zero-order valence-corrected chi connectivity index (χ0v) is 8.89. The van der Waals surface area contributed by atoms with Crippen molar-refractivity contribution in [2.24, 2.45) is 5.73 Å². The van der Waals surface area contributed by atoms with E-state index in [2.05, 4.69) is 4.74 Å². The molecule has 0 aromatic heterocycles. The van der Waals surface area contributed by atoms with Gasteiger partial charge in [0.05, 0.1) is 6.61 Å². The molecule has 88 valence electrons. The number of esters is 1. The average molecular weight is 227 g/mol. The summed E-state index contributed by atoms with van der Waals surface area (Å²) in [4.78, 5) is 11.2. The van der Waals surface area contributed by atoms with Crippen molar-refractivity contribution >= 4 is 5.97 Å². The van der Waals surface area contributed by atoms with Crippen LogP contribution < -0.4 is 5.73 Å². The van der Waals surface area contributed by atoms with Crippen LogP contribution in [-0.4, -0.2) is 23.7 Å². The number of aliphatic hydroxyl groups excluding tert-OH is 1. The Bertz CT molecular complexity index is 353. The topological polar surface area (TPSA) is 72.5 Å². The summed E-state index contributed by atoms with van der Waals surface area (Å²) in [5.41, 5.74) is 5.88. The molecule has 0 saturated heterocycles. The van der Waals surface area contributed by atoms with E-state index in [0.29, 0.717) is 5.56 Å². The summed E-state index contributed by atoms with van der Waals surface area (Å²) in [7, 11) is 0. The molecule has 1 aromatic carbocycles. The smallest absolute Gasteiger partial charge is 0.325 e. The minimum absolute atomic E-state index is 0.197. The fourth-order valence-electron chi connectivity index (χ4n) is 1.23. The zero-order chi connectivity index (χ0) is 12.1. The Morgan fingerprint density at radius 2 is 2.06 bits per heavy atom. The van der Waals surface area contributed by atoms with E-state index in [4.69, 9.17) is 5.73 Å². The lowest BCUT2D eigenvalue weighted by molar-refractivity contribution is -0.147. The van der Waals surface area contributed by atoms with Crippen molar-refractivity contribution in [3.8, 4) is 0 Å². The van der Waals surface area contributed by atoms with Gasteiger partial charge >= 0.3 is 5.97 Å². The van der Waals surface area contributed by atoms with E-state index >= 15 is 0 Å². The molecule has 0 bridgehead atoms. The second-order valence-corrected chi connectivity index (χ2v) is 3.27. The summed E-state index contributed by atoms with van der Waals surface area (Å²) in [6, 6.07) is 3.97. The zero-order valence-electron chi connectivity index (χ0n) is 8.89. The minimum atomic E-state index is -1.19. The van der Waals surface area contributed by atoms with Gasteiger partial charge in [-0.1, -0.05) is 12.1 Å². The van der Waals surface area contributed by atoms with Crippen LogP contribution in [0.3, 0.4) is 0 Å². The number of benzene rings is 1. The molecular weight excluding hydrogens is 213 g/mol. The predicted octanol–water partition coefficient (Wildman–Crippen LogP) is 0.750. The standard InChI is InChI=1S/C11H14FNO3/c1-2-16-11(15)9(13)10(14)7-3-5-8(12)6-4-7/h3-6,9-10,14H,2,13H2,1H3. The molecule has 4 nitrogen and oxygen atoms in total. The Morgan fingerprint density at radius 3 is 2.56 bits per heavy atom. The maximum atomic E-state index is 12.6. The van der Waals surface area contributed by atoms with Crippen LogP contribution >= 0.6 is 0 Å². The Hall–Kier alpha value is -1.46. The minimum Gasteiger partial charge on any atom is -0.465 e. The molecule has 3 N–H and O–H groups in total. The van der Waals surface area contributed by atoms with Gasteiger partial charge in [0.15, 0.2) is 0 Å². The Morgan fingerprint density at radius 1 is 1.50 bits per heavy atom. The molecule has 0 heterocycles. The summed E-state index contributed by atoms with van der Waals surface area (Å²) >= 11 is 0. The summed E-state index contributed by atoms with van der Waals surface area (Å²) in [5.74, 6) is -1.10. The molecule has 1 aromatic rings. The van der Waals surface area contributed by atoms with Gasteiger partial charge in [-0.2, -0.15) is 0 Å². The van der Waals surface area contributed by atoms with Gasteiger partial charge in [0.25, 0.3) is 0 Å².